The summed E-state index contributed by atoms with van der Waals surface area (Å²) >= 11 is 0. The summed E-state index contributed by atoms with van der Waals surface area (Å²) in [6, 6.07) is 5.21. The fraction of sp³-hybridized carbons (Fsp3) is 0.609. The van der Waals surface area contributed by atoms with E-state index in [2.05, 4.69) is 43.1 Å². The number of nitrogens with zero attached hydrogens (tertiary/aromatic N) is 3. The molecule has 0 amide bonds. The summed E-state index contributed by atoms with van der Waals surface area (Å²) in [5.41, 5.74) is 0.520. The van der Waals surface area contributed by atoms with Crippen molar-refractivity contribution in [1.29, 1.82) is 0 Å². The second kappa shape index (κ2) is 11.4. The first kappa shape index (κ1) is 23.4. The summed E-state index contributed by atoms with van der Waals surface area (Å²) in [6.45, 7) is 3.90. The Hall–Kier alpha value is -2.72. The lowest BCUT2D eigenvalue weighted by Crippen LogP contribution is -2.40. The molecule has 3 heterocycles. The quantitative estimate of drug-likeness (QED) is 0.442. The van der Waals surface area contributed by atoms with Gasteiger partial charge in [-0.3, -0.25) is 0 Å². The van der Waals surface area contributed by atoms with Crippen molar-refractivity contribution in [2.24, 2.45) is 0 Å². The van der Waals surface area contributed by atoms with Crippen molar-refractivity contribution >= 4 is 23.5 Å². The number of methoxy groups -OCH3 is 1. The van der Waals surface area contributed by atoms with Crippen LogP contribution in [0.3, 0.4) is 0 Å². The lowest BCUT2D eigenvalue weighted by Gasteiger charge is -2.24. The molecule has 2 fully saturated rings. The number of hydrogen-bond donors (Lipinski definition) is 4. The minimum Gasteiger partial charge on any atom is -0.494 e. The number of anilines is 4. The van der Waals surface area contributed by atoms with E-state index in [-0.39, 0.29) is 18.0 Å². The molecule has 2 saturated heterocycles. The molecule has 4 N–H and O–H groups in total. The standard InChI is InChI=1S/C23H34FN7O2/c1-3-17(18-8-7-12-25-18)27-22-29-21(26-15-10-11-19(32-2)16(24)14-15)30-23(31-22)28-20-9-5-4-6-13-33-20/h10-11,14,17-18,20,25H,3-9,12-13H2,1-2H3,(H3,26,27,28,29,30,31). The maximum absolute atomic E-state index is 14.2. The van der Waals surface area contributed by atoms with Crippen molar-refractivity contribution in [2.45, 2.75) is 70.2 Å². The Morgan fingerprint density at radius 2 is 1.97 bits per heavy atom. The second-order valence-corrected chi connectivity index (χ2v) is 8.50. The van der Waals surface area contributed by atoms with E-state index in [1.807, 2.05) is 0 Å². The van der Waals surface area contributed by atoms with Crippen LogP contribution in [0.25, 0.3) is 0 Å². The van der Waals surface area contributed by atoms with Crippen molar-refractivity contribution in [2.75, 3.05) is 36.2 Å². The molecule has 3 atom stereocenters. The van der Waals surface area contributed by atoms with Gasteiger partial charge in [-0.25, -0.2) is 4.39 Å². The van der Waals surface area contributed by atoms with Gasteiger partial charge in [0.05, 0.1) is 7.11 Å². The van der Waals surface area contributed by atoms with Gasteiger partial charge < -0.3 is 30.7 Å². The molecule has 1 aromatic heterocycles. The molecule has 2 aliphatic rings. The van der Waals surface area contributed by atoms with Crippen molar-refractivity contribution in [3.8, 4) is 5.75 Å². The Labute approximate surface area is 194 Å². The largest absolute Gasteiger partial charge is 0.494 e. The van der Waals surface area contributed by atoms with Crippen LogP contribution in [0.5, 0.6) is 5.75 Å². The molecule has 4 rings (SSSR count). The van der Waals surface area contributed by atoms with Crippen LogP contribution < -0.4 is 26.0 Å². The Bertz CT molecular complexity index is 902. The summed E-state index contributed by atoms with van der Waals surface area (Å²) in [6.07, 6.45) is 7.28. The Kier molecular flexibility index (Phi) is 8.11. The fourth-order valence-electron chi connectivity index (χ4n) is 4.32. The number of halogens is 1. The zero-order chi connectivity index (χ0) is 23.0. The average Bonchev–Trinajstić information content (AvgIpc) is 3.22. The van der Waals surface area contributed by atoms with Gasteiger partial charge in [-0.1, -0.05) is 13.3 Å². The number of rotatable bonds is 9. The number of ether oxygens (including phenoxy) is 2. The zero-order valence-electron chi connectivity index (χ0n) is 19.4. The van der Waals surface area contributed by atoms with E-state index in [0.29, 0.717) is 29.6 Å². The SMILES string of the molecule is CCC(Nc1nc(Nc2ccc(OC)c(F)c2)nc(NC2CCCCCO2)n1)C1CCCN1. The summed E-state index contributed by atoms with van der Waals surface area (Å²) in [4.78, 5) is 13.7. The summed E-state index contributed by atoms with van der Waals surface area (Å²) in [5.74, 6) is 0.936. The molecule has 1 aromatic carbocycles. The van der Waals surface area contributed by atoms with E-state index >= 15 is 0 Å². The highest BCUT2D eigenvalue weighted by Gasteiger charge is 2.24. The summed E-state index contributed by atoms with van der Waals surface area (Å²) < 4.78 is 25.1. The smallest absolute Gasteiger partial charge is 0.233 e. The minimum absolute atomic E-state index is 0.146. The molecule has 3 unspecified atom stereocenters. The Morgan fingerprint density at radius 1 is 1.12 bits per heavy atom. The van der Waals surface area contributed by atoms with E-state index in [9.17, 15) is 4.39 Å². The van der Waals surface area contributed by atoms with Gasteiger partial charge in [-0.15, -0.1) is 0 Å². The molecular formula is C23H34FN7O2. The highest BCUT2D eigenvalue weighted by atomic mass is 19.1. The fourth-order valence-corrected chi connectivity index (χ4v) is 4.32. The summed E-state index contributed by atoms with van der Waals surface area (Å²) in [5, 5.41) is 13.4. The van der Waals surface area contributed by atoms with Crippen molar-refractivity contribution in [3.63, 3.8) is 0 Å². The zero-order valence-corrected chi connectivity index (χ0v) is 19.4. The molecule has 180 valence electrons. The van der Waals surface area contributed by atoms with Crippen LogP contribution in [0.2, 0.25) is 0 Å². The van der Waals surface area contributed by atoms with Crippen LogP contribution >= 0.6 is 0 Å². The lowest BCUT2D eigenvalue weighted by molar-refractivity contribution is 0.0778. The van der Waals surface area contributed by atoms with Crippen LogP contribution in [0.1, 0.15) is 51.9 Å². The van der Waals surface area contributed by atoms with Crippen LogP contribution in [-0.2, 0) is 4.74 Å². The minimum atomic E-state index is -0.460. The molecule has 2 aromatic rings. The topological polar surface area (TPSA) is 105 Å². The molecule has 33 heavy (non-hydrogen) atoms. The van der Waals surface area contributed by atoms with Gasteiger partial charge in [0.1, 0.15) is 6.23 Å². The van der Waals surface area contributed by atoms with Gasteiger partial charge in [0, 0.05) is 30.4 Å². The van der Waals surface area contributed by atoms with E-state index in [4.69, 9.17) is 9.47 Å². The predicted molar refractivity (Wildman–Crippen MR) is 127 cm³/mol. The van der Waals surface area contributed by atoms with Crippen LogP contribution in [-0.4, -0.2) is 53.5 Å². The molecule has 2 aliphatic heterocycles. The summed E-state index contributed by atoms with van der Waals surface area (Å²) in [7, 11) is 1.44. The lowest BCUT2D eigenvalue weighted by atomic mass is 10.0. The highest BCUT2D eigenvalue weighted by molar-refractivity contribution is 5.57. The van der Waals surface area contributed by atoms with Crippen LogP contribution in [0.15, 0.2) is 18.2 Å². The molecule has 10 heteroatoms. The van der Waals surface area contributed by atoms with Crippen LogP contribution in [0, 0.1) is 5.82 Å². The number of nitrogens with one attached hydrogen (secondary N) is 4. The first-order valence-electron chi connectivity index (χ1n) is 11.9. The normalized spacial score (nSPS) is 21.8. The van der Waals surface area contributed by atoms with E-state index in [1.54, 1.807) is 12.1 Å². The first-order chi connectivity index (χ1) is 16.1. The van der Waals surface area contributed by atoms with Gasteiger partial charge in [-0.05, 0) is 57.2 Å². The van der Waals surface area contributed by atoms with Gasteiger partial charge in [0.2, 0.25) is 17.8 Å². The van der Waals surface area contributed by atoms with E-state index in [1.165, 1.54) is 19.6 Å². The third kappa shape index (κ3) is 6.42. The van der Waals surface area contributed by atoms with E-state index in [0.717, 1.165) is 51.7 Å². The van der Waals surface area contributed by atoms with Crippen molar-refractivity contribution in [3.05, 3.63) is 24.0 Å². The Morgan fingerprint density at radius 3 is 2.73 bits per heavy atom. The maximum atomic E-state index is 14.2. The first-order valence-corrected chi connectivity index (χ1v) is 11.9. The molecule has 0 spiro atoms. The molecule has 0 aliphatic carbocycles. The van der Waals surface area contributed by atoms with Gasteiger partial charge in [-0.2, -0.15) is 15.0 Å². The Balaban J connectivity index is 1.56. The van der Waals surface area contributed by atoms with Gasteiger partial charge in [0.15, 0.2) is 11.6 Å². The van der Waals surface area contributed by atoms with E-state index < -0.39 is 5.82 Å². The monoisotopic (exact) mass is 459 g/mol. The van der Waals surface area contributed by atoms with Crippen molar-refractivity contribution in [1.82, 2.24) is 20.3 Å². The number of aromatic nitrogens is 3. The van der Waals surface area contributed by atoms with Crippen molar-refractivity contribution < 1.29 is 13.9 Å². The predicted octanol–water partition coefficient (Wildman–Crippen LogP) is 4.03. The van der Waals surface area contributed by atoms with Gasteiger partial charge >= 0.3 is 0 Å². The number of hydrogen-bond acceptors (Lipinski definition) is 9. The maximum Gasteiger partial charge on any atom is 0.233 e. The second-order valence-electron chi connectivity index (χ2n) is 8.50. The molecular weight excluding hydrogens is 425 g/mol. The molecule has 0 bridgehead atoms. The number of benzene rings is 1. The average molecular weight is 460 g/mol. The molecule has 9 nitrogen and oxygen atoms in total. The third-order valence-corrected chi connectivity index (χ3v) is 6.10. The van der Waals surface area contributed by atoms with Gasteiger partial charge in [0.25, 0.3) is 0 Å². The third-order valence-electron chi connectivity index (χ3n) is 6.10. The molecule has 0 saturated carbocycles. The molecule has 0 radical (unpaired) electrons. The highest BCUT2D eigenvalue weighted by Crippen LogP contribution is 2.24. The van der Waals surface area contributed by atoms with Crippen LogP contribution in [0.4, 0.5) is 27.9 Å².